The van der Waals surface area contributed by atoms with Crippen LogP contribution in [0.3, 0.4) is 0 Å². The van der Waals surface area contributed by atoms with Crippen molar-refractivity contribution in [2.75, 3.05) is 43.6 Å². The maximum Gasteiger partial charge on any atom is 0.245 e. The minimum atomic E-state index is -0.338. The van der Waals surface area contributed by atoms with Crippen molar-refractivity contribution in [3.63, 3.8) is 0 Å². The third-order valence-electron chi connectivity index (χ3n) is 3.18. The molecule has 1 aromatic rings. The van der Waals surface area contributed by atoms with Crippen LogP contribution in [0.4, 0.5) is 11.6 Å². The van der Waals surface area contributed by atoms with Gasteiger partial charge in [-0.05, 0) is 6.42 Å². The Morgan fingerprint density at radius 3 is 3.15 bits per heavy atom. The molecule has 20 heavy (non-hydrogen) atoms. The summed E-state index contributed by atoms with van der Waals surface area (Å²) < 4.78 is 5.43. The Kier molecular flexibility index (Phi) is 5.11. The number of carbonyl (C=O) groups excluding carboxylic acids is 1. The van der Waals surface area contributed by atoms with E-state index in [2.05, 4.69) is 20.6 Å². The summed E-state index contributed by atoms with van der Waals surface area (Å²) >= 11 is 0. The molecule has 7 nitrogen and oxygen atoms in total. The Bertz CT molecular complexity index is 454. The highest BCUT2D eigenvalue weighted by atomic mass is 16.5. The Hall–Kier alpha value is -1.89. The van der Waals surface area contributed by atoms with Crippen molar-refractivity contribution < 1.29 is 9.53 Å². The van der Waals surface area contributed by atoms with E-state index in [1.807, 2.05) is 17.9 Å². The molecule has 1 saturated heterocycles. The van der Waals surface area contributed by atoms with E-state index in [4.69, 9.17) is 4.74 Å². The summed E-state index contributed by atoms with van der Waals surface area (Å²) in [7, 11) is 1.80. The molecule has 1 atom stereocenters. The number of rotatable bonds is 5. The minimum absolute atomic E-state index is 0.0174. The second-order valence-electron chi connectivity index (χ2n) is 4.59. The van der Waals surface area contributed by atoms with Gasteiger partial charge in [0.2, 0.25) is 5.91 Å². The number of carbonyl (C=O) groups is 1. The van der Waals surface area contributed by atoms with E-state index in [0.29, 0.717) is 26.3 Å². The van der Waals surface area contributed by atoms with Crippen LogP contribution in [-0.2, 0) is 9.53 Å². The second-order valence-corrected chi connectivity index (χ2v) is 4.59. The molecule has 1 amide bonds. The van der Waals surface area contributed by atoms with Crippen LogP contribution in [0.2, 0.25) is 0 Å². The van der Waals surface area contributed by atoms with Gasteiger partial charge in [0.25, 0.3) is 0 Å². The largest absolute Gasteiger partial charge is 0.377 e. The van der Waals surface area contributed by atoms with E-state index in [0.717, 1.165) is 18.1 Å². The van der Waals surface area contributed by atoms with E-state index in [9.17, 15) is 4.79 Å². The molecule has 2 N–H and O–H groups in total. The van der Waals surface area contributed by atoms with Crippen LogP contribution < -0.4 is 15.5 Å². The quantitative estimate of drug-likeness (QED) is 0.804. The summed E-state index contributed by atoms with van der Waals surface area (Å²) in [6, 6.07) is 1.50. The lowest BCUT2D eigenvalue weighted by atomic mass is 10.2. The fourth-order valence-electron chi connectivity index (χ4n) is 2.10. The minimum Gasteiger partial charge on any atom is -0.377 e. The van der Waals surface area contributed by atoms with Gasteiger partial charge >= 0.3 is 0 Å². The Morgan fingerprint density at radius 1 is 1.55 bits per heavy atom. The number of anilines is 2. The number of ether oxygens (including phenoxy) is 1. The van der Waals surface area contributed by atoms with E-state index in [1.165, 1.54) is 6.33 Å². The van der Waals surface area contributed by atoms with Crippen molar-refractivity contribution >= 4 is 17.5 Å². The van der Waals surface area contributed by atoms with Crippen molar-refractivity contribution in [3.05, 3.63) is 12.4 Å². The number of aromatic nitrogens is 2. The molecular weight excluding hydrogens is 258 g/mol. The zero-order chi connectivity index (χ0) is 14.4. The molecule has 2 heterocycles. The summed E-state index contributed by atoms with van der Waals surface area (Å²) in [6.07, 6.45) is 2.41. The van der Waals surface area contributed by atoms with Crippen molar-refractivity contribution in [3.8, 4) is 0 Å². The summed E-state index contributed by atoms with van der Waals surface area (Å²) in [4.78, 5) is 22.5. The molecule has 0 spiro atoms. The van der Waals surface area contributed by atoms with E-state index in [1.54, 1.807) is 7.05 Å². The van der Waals surface area contributed by atoms with Crippen LogP contribution in [0, 0.1) is 0 Å². The first-order chi connectivity index (χ1) is 9.76. The lowest BCUT2D eigenvalue weighted by molar-refractivity contribution is -0.124. The van der Waals surface area contributed by atoms with Gasteiger partial charge < -0.3 is 20.3 Å². The first-order valence-corrected chi connectivity index (χ1v) is 6.88. The highest BCUT2D eigenvalue weighted by molar-refractivity contribution is 5.85. The third kappa shape index (κ3) is 3.36. The molecule has 0 radical (unpaired) electrons. The third-order valence-corrected chi connectivity index (χ3v) is 3.18. The normalized spacial score (nSPS) is 18.7. The Balaban J connectivity index is 2.15. The number of nitrogens with zero attached hydrogens (tertiary/aromatic N) is 3. The van der Waals surface area contributed by atoms with Gasteiger partial charge in [0.15, 0.2) is 0 Å². The molecule has 1 unspecified atom stereocenters. The van der Waals surface area contributed by atoms with Crippen molar-refractivity contribution in [2.45, 2.75) is 19.4 Å². The smallest absolute Gasteiger partial charge is 0.245 e. The van der Waals surface area contributed by atoms with Gasteiger partial charge in [-0.1, -0.05) is 6.92 Å². The predicted octanol–water partition coefficient (Wildman–Crippen LogP) is 0.250. The number of nitrogens with one attached hydrogen (secondary N) is 2. The van der Waals surface area contributed by atoms with Crippen LogP contribution >= 0.6 is 0 Å². The van der Waals surface area contributed by atoms with Gasteiger partial charge in [-0.2, -0.15) is 0 Å². The summed E-state index contributed by atoms with van der Waals surface area (Å²) in [5.74, 6) is 1.45. The zero-order valence-corrected chi connectivity index (χ0v) is 11.9. The lowest BCUT2D eigenvalue weighted by Gasteiger charge is -2.35. The van der Waals surface area contributed by atoms with Gasteiger partial charge in [0, 0.05) is 26.2 Å². The molecule has 1 fully saturated rings. The first kappa shape index (κ1) is 14.5. The molecule has 2 rings (SSSR count). The van der Waals surface area contributed by atoms with E-state index < -0.39 is 0 Å². The maximum absolute atomic E-state index is 12.2. The van der Waals surface area contributed by atoms with Gasteiger partial charge in [-0.25, -0.2) is 9.97 Å². The highest BCUT2D eigenvalue weighted by Crippen LogP contribution is 2.19. The van der Waals surface area contributed by atoms with E-state index >= 15 is 0 Å². The monoisotopic (exact) mass is 279 g/mol. The van der Waals surface area contributed by atoms with Crippen LogP contribution in [0.5, 0.6) is 0 Å². The van der Waals surface area contributed by atoms with Crippen LogP contribution in [0.15, 0.2) is 12.4 Å². The number of hydrogen-bond donors (Lipinski definition) is 2. The fraction of sp³-hybridized carbons (Fsp3) is 0.615. The maximum atomic E-state index is 12.2. The molecule has 7 heteroatoms. The lowest BCUT2D eigenvalue weighted by Crippen LogP contribution is -2.54. The number of morpholine rings is 1. The standard InChI is InChI=1S/C13H21N5O2/c1-3-4-15-13(19)10-8-20-6-5-18(10)12-7-11(14-2)16-9-17-12/h7,9-10H,3-6,8H2,1-2H3,(H,15,19)(H,14,16,17). The molecule has 1 aromatic heterocycles. The highest BCUT2D eigenvalue weighted by Gasteiger charge is 2.30. The Labute approximate surface area is 118 Å². The topological polar surface area (TPSA) is 79.4 Å². The molecule has 0 saturated carbocycles. The Morgan fingerprint density at radius 2 is 2.40 bits per heavy atom. The fourth-order valence-corrected chi connectivity index (χ4v) is 2.10. The summed E-state index contributed by atoms with van der Waals surface area (Å²) in [5.41, 5.74) is 0. The average Bonchev–Trinajstić information content (AvgIpc) is 2.52. The number of hydrogen-bond acceptors (Lipinski definition) is 6. The average molecular weight is 279 g/mol. The predicted molar refractivity (Wildman–Crippen MR) is 76.8 cm³/mol. The van der Waals surface area contributed by atoms with Crippen LogP contribution in [0.25, 0.3) is 0 Å². The van der Waals surface area contributed by atoms with Crippen molar-refractivity contribution in [1.29, 1.82) is 0 Å². The molecule has 110 valence electrons. The molecule has 0 aromatic carbocycles. The van der Waals surface area contributed by atoms with Gasteiger partial charge in [-0.3, -0.25) is 4.79 Å². The molecule has 1 aliphatic heterocycles. The summed E-state index contributed by atoms with van der Waals surface area (Å²) in [5, 5.41) is 5.89. The van der Waals surface area contributed by atoms with Gasteiger partial charge in [-0.15, -0.1) is 0 Å². The first-order valence-electron chi connectivity index (χ1n) is 6.88. The van der Waals surface area contributed by atoms with Gasteiger partial charge in [0.05, 0.1) is 13.2 Å². The summed E-state index contributed by atoms with van der Waals surface area (Å²) in [6.45, 7) is 4.32. The molecule has 0 bridgehead atoms. The van der Waals surface area contributed by atoms with Crippen molar-refractivity contribution in [2.24, 2.45) is 0 Å². The zero-order valence-electron chi connectivity index (χ0n) is 11.9. The van der Waals surface area contributed by atoms with E-state index in [-0.39, 0.29) is 11.9 Å². The number of amides is 1. The second kappa shape index (κ2) is 7.04. The molecule has 0 aliphatic carbocycles. The molecule has 1 aliphatic rings. The van der Waals surface area contributed by atoms with Gasteiger partial charge in [0.1, 0.15) is 24.0 Å². The van der Waals surface area contributed by atoms with Crippen LogP contribution in [0.1, 0.15) is 13.3 Å². The molecular formula is C13H21N5O2. The van der Waals surface area contributed by atoms with Crippen LogP contribution in [-0.4, -0.2) is 55.3 Å². The SMILES string of the molecule is CCCNC(=O)C1COCCN1c1cc(NC)ncn1. The van der Waals surface area contributed by atoms with Crippen molar-refractivity contribution in [1.82, 2.24) is 15.3 Å².